The molecule has 0 aliphatic heterocycles. The molecule has 3 heterocycles. The van der Waals surface area contributed by atoms with E-state index in [-0.39, 0.29) is 5.56 Å². The predicted octanol–water partition coefficient (Wildman–Crippen LogP) is 3.74. The first kappa shape index (κ1) is 18.7. The second kappa shape index (κ2) is 7.75. The third kappa shape index (κ3) is 4.11. The lowest BCUT2D eigenvalue weighted by molar-refractivity contribution is 0.300. The monoisotopic (exact) mass is 386 g/mol. The second-order valence-corrected chi connectivity index (χ2v) is 7.06. The van der Waals surface area contributed by atoms with Crippen molar-refractivity contribution in [3.05, 3.63) is 88.7 Å². The molecule has 0 radical (unpaired) electrons. The van der Waals surface area contributed by atoms with Crippen LogP contribution in [0.25, 0.3) is 22.4 Å². The molecule has 4 aromatic rings. The molecule has 0 aliphatic carbocycles. The lowest BCUT2D eigenvalue weighted by atomic mass is 10.1. The maximum atomic E-state index is 12.0. The molecule has 146 valence electrons. The van der Waals surface area contributed by atoms with Crippen molar-refractivity contribution >= 4 is 0 Å². The highest BCUT2D eigenvalue weighted by atomic mass is 16.5. The maximum Gasteiger partial charge on any atom is 0.250 e. The standard InChI is InChI=1S/C23H22N4O2/c1-16-4-9-21(24-13-16)17-5-7-19(8-6-17)29-15-22-20(14-27(3)25-22)18-10-11-26(2)23(28)12-18/h4-14H,15H2,1-3H3. The summed E-state index contributed by atoms with van der Waals surface area (Å²) in [6.45, 7) is 2.33. The molecule has 0 N–H and O–H groups in total. The van der Waals surface area contributed by atoms with Gasteiger partial charge in [-0.05, 0) is 54.4 Å². The largest absolute Gasteiger partial charge is 0.487 e. The number of hydrogen-bond donors (Lipinski definition) is 0. The van der Waals surface area contributed by atoms with Gasteiger partial charge in [-0.15, -0.1) is 0 Å². The highest BCUT2D eigenvalue weighted by molar-refractivity contribution is 5.64. The van der Waals surface area contributed by atoms with Crippen LogP contribution in [0.2, 0.25) is 0 Å². The molecule has 0 bridgehead atoms. The Labute approximate surface area is 169 Å². The van der Waals surface area contributed by atoms with Gasteiger partial charge in [-0.1, -0.05) is 6.07 Å². The van der Waals surface area contributed by atoms with Crippen molar-refractivity contribution in [2.75, 3.05) is 0 Å². The smallest absolute Gasteiger partial charge is 0.250 e. The van der Waals surface area contributed by atoms with E-state index in [0.29, 0.717) is 6.61 Å². The Kier molecular flexibility index (Phi) is 4.99. The molecule has 0 saturated heterocycles. The van der Waals surface area contributed by atoms with Gasteiger partial charge in [0.15, 0.2) is 0 Å². The molecule has 0 unspecified atom stereocenters. The number of aryl methyl sites for hydroxylation is 3. The van der Waals surface area contributed by atoms with Crippen molar-refractivity contribution in [1.29, 1.82) is 0 Å². The Hall–Kier alpha value is -3.67. The molecule has 6 heteroatoms. The summed E-state index contributed by atoms with van der Waals surface area (Å²) in [6.07, 6.45) is 5.52. The summed E-state index contributed by atoms with van der Waals surface area (Å²) in [4.78, 5) is 16.4. The minimum Gasteiger partial charge on any atom is -0.487 e. The van der Waals surface area contributed by atoms with Gasteiger partial charge in [-0.3, -0.25) is 14.5 Å². The van der Waals surface area contributed by atoms with Crippen molar-refractivity contribution in [1.82, 2.24) is 19.3 Å². The van der Waals surface area contributed by atoms with Crippen molar-refractivity contribution in [3.8, 4) is 28.1 Å². The third-order valence-corrected chi connectivity index (χ3v) is 4.76. The first-order valence-corrected chi connectivity index (χ1v) is 9.35. The van der Waals surface area contributed by atoms with Crippen LogP contribution < -0.4 is 10.3 Å². The maximum absolute atomic E-state index is 12.0. The first-order valence-electron chi connectivity index (χ1n) is 9.35. The van der Waals surface area contributed by atoms with Crippen molar-refractivity contribution in [3.63, 3.8) is 0 Å². The fraction of sp³-hybridized carbons (Fsp3) is 0.174. The van der Waals surface area contributed by atoms with Gasteiger partial charge in [0.2, 0.25) is 0 Å². The Balaban J connectivity index is 1.51. The summed E-state index contributed by atoms with van der Waals surface area (Å²) in [7, 11) is 3.59. The van der Waals surface area contributed by atoms with Crippen molar-refractivity contribution in [2.45, 2.75) is 13.5 Å². The molecule has 0 fully saturated rings. The van der Waals surface area contributed by atoms with Crippen LogP contribution in [-0.4, -0.2) is 19.3 Å². The summed E-state index contributed by atoms with van der Waals surface area (Å²) in [5.74, 6) is 0.751. The quantitative estimate of drug-likeness (QED) is 0.524. The van der Waals surface area contributed by atoms with Gasteiger partial charge in [0, 0.05) is 49.9 Å². The van der Waals surface area contributed by atoms with E-state index in [9.17, 15) is 4.79 Å². The van der Waals surface area contributed by atoms with Crippen LogP contribution in [-0.2, 0) is 20.7 Å². The Bertz CT molecular complexity index is 1190. The Morgan fingerprint density at radius 3 is 2.48 bits per heavy atom. The molecule has 0 atom stereocenters. The number of aromatic nitrogens is 4. The molecule has 0 aliphatic rings. The number of benzene rings is 1. The third-order valence-electron chi connectivity index (χ3n) is 4.76. The number of ether oxygens (including phenoxy) is 1. The Morgan fingerprint density at radius 2 is 1.79 bits per heavy atom. The van der Waals surface area contributed by atoms with Crippen LogP contribution in [0.5, 0.6) is 5.75 Å². The zero-order valence-corrected chi connectivity index (χ0v) is 16.7. The normalized spacial score (nSPS) is 10.9. The summed E-state index contributed by atoms with van der Waals surface area (Å²) >= 11 is 0. The average Bonchev–Trinajstić information content (AvgIpc) is 3.10. The predicted molar refractivity (Wildman–Crippen MR) is 113 cm³/mol. The zero-order chi connectivity index (χ0) is 20.4. The summed E-state index contributed by atoms with van der Waals surface area (Å²) in [5.41, 5.74) is 5.56. The Morgan fingerprint density at radius 1 is 1.00 bits per heavy atom. The summed E-state index contributed by atoms with van der Waals surface area (Å²) < 4.78 is 9.23. The van der Waals surface area contributed by atoms with E-state index in [4.69, 9.17) is 4.74 Å². The van der Waals surface area contributed by atoms with Gasteiger partial charge >= 0.3 is 0 Å². The lowest BCUT2D eigenvalue weighted by Crippen LogP contribution is -2.14. The summed E-state index contributed by atoms with van der Waals surface area (Å²) in [5, 5.41) is 4.50. The number of hydrogen-bond acceptors (Lipinski definition) is 4. The fourth-order valence-corrected chi connectivity index (χ4v) is 3.11. The molecular weight excluding hydrogens is 364 g/mol. The molecule has 0 saturated carbocycles. The van der Waals surface area contributed by atoms with Crippen LogP contribution in [0.4, 0.5) is 0 Å². The van der Waals surface area contributed by atoms with Crippen LogP contribution in [0.3, 0.4) is 0 Å². The van der Waals surface area contributed by atoms with E-state index >= 15 is 0 Å². The fourth-order valence-electron chi connectivity index (χ4n) is 3.11. The van der Waals surface area contributed by atoms with Crippen LogP contribution in [0.15, 0.2) is 71.9 Å². The molecule has 1 aromatic carbocycles. The molecule has 0 spiro atoms. The van der Waals surface area contributed by atoms with E-state index < -0.39 is 0 Å². The zero-order valence-electron chi connectivity index (χ0n) is 16.7. The van der Waals surface area contributed by atoms with Crippen LogP contribution >= 0.6 is 0 Å². The minimum atomic E-state index is -0.0569. The molecule has 29 heavy (non-hydrogen) atoms. The lowest BCUT2D eigenvalue weighted by Gasteiger charge is -2.08. The van der Waals surface area contributed by atoms with Gasteiger partial charge < -0.3 is 9.30 Å². The van der Waals surface area contributed by atoms with Gasteiger partial charge in [0.25, 0.3) is 5.56 Å². The van der Waals surface area contributed by atoms with Crippen LogP contribution in [0, 0.1) is 6.92 Å². The van der Waals surface area contributed by atoms with Crippen LogP contribution in [0.1, 0.15) is 11.3 Å². The van der Waals surface area contributed by atoms with Gasteiger partial charge in [-0.25, -0.2) is 0 Å². The van der Waals surface area contributed by atoms with Gasteiger partial charge in [-0.2, -0.15) is 5.10 Å². The SMILES string of the molecule is Cc1ccc(-c2ccc(OCc3nn(C)cc3-c3ccn(C)c(=O)c3)cc2)nc1. The summed E-state index contributed by atoms with van der Waals surface area (Å²) in [6, 6.07) is 15.4. The minimum absolute atomic E-state index is 0.0569. The van der Waals surface area contributed by atoms with Crippen molar-refractivity contribution in [2.24, 2.45) is 14.1 Å². The first-order chi connectivity index (χ1) is 14.0. The van der Waals surface area contributed by atoms with E-state index in [1.807, 2.05) is 68.8 Å². The van der Waals surface area contributed by atoms with Crippen molar-refractivity contribution < 1.29 is 4.74 Å². The molecule has 6 nitrogen and oxygen atoms in total. The number of pyridine rings is 2. The van der Waals surface area contributed by atoms with E-state index in [2.05, 4.69) is 10.1 Å². The van der Waals surface area contributed by atoms with E-state index in [0.717, 1.165) is 39.4 Å². The van der Waals surface area contributed by atoms with Gasteiger partial charge in [0.1, 0.15) is 18.1 Å². The number of nitrogens with zero attached hydrogens (tertiary/aromatic N) is 4. The highest BCUT2D eigenvalue weighted by Crippen LogP contribution is 2.24. The van der Waals surface area contributed by atoms with Gasteiger partial charge in [0.05, 0.1) is 5.69 Å². The van der Waals surface area contributed by atoms with E-state index in [1.165, 1.54) is 0 Å². The molecule has 4 rings (SSSR count). The average molecular weight is 386 g/mol. The topological polar surface area (TPSA) is 61.9 Å². The highest BCUT2D eigenvalue weighted by Gasteiger charge is 2.12. The van der Waals surface area contributed by atoms with E-state index in [1.54, 1.807) is 28.6 Å². The molecule has 0 amide bonds. The molecule has 3 aromatic heterocycles. The molecular formula is C23H22N4O2. The second-order valence-electron chi connectivity index (χ2n) is 7.06. The number of rotatable bonds is 5.